The van der Waals surface area contributed by atoms with Crippen LogP contribution >= 0.6 is 0 Å². The van der Waals surface area contributed by atoms with Crippen LogP contribution in [0.1, 0.15) is 0 Å². The number of benzene rings is 1. The van der Waals surface area contributed by atoms with Crippen LogP contribution in [0, 0.1) is 0 Å². The molecule has 0 unspecified atom stereocenters. The summed E-state index contributed by atoms with van der Waals surface area (Å²) in [5.41, 5.74) is 1.87. The van der Waals surface area contributed by atoms with Gasteiger partial charge < -0.3 is 0 Å². The van der Waals surface area contributed by atoms with E-state index < -0.39 is 0 Å². The van der Waals surface area contributed by atoms with Crippen molar-refractivity contribution in [1.29, 1.82) is 0 Å². The Hall–Kier alpha value is -2.43. The lowest BCUT2D eigenvalue weighted by molar-refractivity contribution is 1.01. The molecule has 2 N–H and O–H groups in total. The highest BCUT2D eigenvalue weighted by molar-refractivity contribution is 5.90. The van der Waals surface area contributed by atoms with E-state index in [1.54, 1.807) is 6.20 Å². The Morgan fingerprint density at radius 1 is 1.06 bits per heavy atom. The van der Waals surface area contributed by atoms with Gasteiger partial charge in [-0.3, -0.25) is 9.89 Å². The maximum Gasteiger partial charge on any atom is 0.290 e. The van der Waals surface area contributed by atoms with Crippen LogP contribution < -0.4 is 5.56 Å². The molecule has 0 saturated heterocycles. The van der Waals surface area contributed by atoms with E-state index in [0.29, 0.717) is 5.52 Å². The number of nitrogens with zero attached hydrogens (tertiary/aromatic N) is 2. The van der Waals surface area contributed by atoms with Gasteiger partial charge in [-0.15, -0.1) is 0 Å². The third-order valence-corrected chi connectivity index (χ3v) is 2.44. The predicted octanol–water partition coefficient (Wildman–Crippen LogP) is 1.31. The fourth-order valence-corrected chi connectivity index (χ4v) is 1.68. The van der Waals surface area contributed by atoms with Crippen LogP contribution in [0.2, 0.25) is 0 Å². The second-order valence-electron chi connectivity index (χ2n) is 3.43. The number of nitrogens with one attached hydrogen (secondary N) is 2. The summed E-state index contributed by atoms with van der Waals surface area (Å²) in [6, 6.07) is 9.66. The van der Waals surface area contributed by atoms with E-state index in [-0.39, 0.29) is 5.56 Å². The molecule has 5 nitrogen and oxygen atoms in total. The van der Waals surface area contributed by atoms with E-state index in [4.69, 9.17) is 0 Å². The largest absolute Gasteiger partial charge is 0.290 e. The van der Waals surface area contributed by atoms with Gasteiger partial charge in [-0.05, 0) is 0 Å². The van der Waals surface area contributed by atoms with Crippen molar-refractivity contribution in [2.75, 3.05) is 0 Å². The van der Waals surface area contributed by atoms with Gasteiger partial charge in [0, 0.05) is 5.56 Å². The Morgan fingerprint density at radius 2 is 1.88 bits per heavy atom. The zero-order valence-corrected chi connectivity index (χ0v) is 8.27. The normalized spacial score (nSPS) is 10.8. The van der Waals surface area contributed by atoms with Gasteiger partial charge in [-0.2, -0.15) is 10.2 Å². The van der Waals surface area contributed by atoms with Crippen molar-refractivity contribution in [3.05, 3.63) is 46.9 Å². The van der Waals surface area contributed by atoms with Crippen LogP contribution in [0.15, 0.2) is 41.3 Å². The van der Waals surface area contributed by atoms with E-state index in [9.17, 15) is 4.79 Å². The van der Waals surface area contributed by atoms with Crippen molar-refractivity contribution in [3.63, 3.8) is 0 Å². The van der Waals surface area contributed by atoms with Crippen LogP contribution in [-0.2, 0) is 0 Å². The Bertz CT molecular complexity index is 684. The highest BCUT2D eigenvalue weighted by Gasteiger charge is 2.09. The highest BCUT2D eigenvalue weighted by atomic mass is 16.1. The highest BCUT2D eigenvalue weighted by Crippen LogP contribution is 2.21. The van der Waals surface area contributed by atoms with Gasteiger partial charge in [0.1, 0.15) is 11.2 Å². The summed E-state index contributed by atoms with van der Waals surface area (Å²) in [5.74, 6) is 0. The molecule has 0 atom stereocenters. The zero-order chi connectivity index (χ0) is 11.0. The smallest absolute Gasteiger partial charge is 0.272 e. The number of aromatic nitrogens is 4. The van der Waals surface area contributed by atoms with Gasteiger partial charge >= 0.3 is 0 Å². The summed E-state index contributed by atoms with van der Waals surface area (Å²) in [7, 11) is 0. The predicted molar refractivity (Wildman–Crippen MR) is 59.9 cm³/mol. The van der Waals surface area contributed by atoms with Crippen molar-refractivity contribution in [3.8, 4) is 11.3 Å². The Balaban J connectivity index is 2.37. The number of aromatic amines is 2. The third kappa shape index (κ3) is 1.22. The summed E-state index contributed by atoms with van der Waals surface area (Å²) in [5, 5.41) is 13.8. The van der Waals surface area contributed by atoms with Gasteiger partial charge in [-0.25, -0.2) is 5.10 Å². The first kappa shape index (κ1) is 8.84. The van der Waals surface area contributed by atoms with Crippen LogP contribution in [0.25, 0.3) is 22.2 Å². The monoisotopic (exact) mass is 212 g/mol. The van der Waals surface area contributed by atoms with E-state index in [0.717, 1.165) is 16.6 Å². The number of fused-ring (bicyclic) bond motifs is 1. The van der Waals surface area contributed by atoms with Crippen LogP contribution in [0.4, 0.5) is 0 Å². The van der Waals surface area contributed by atoms with Gasteiger partial charge in [0.15, 0.2) is 0 Å². The van der Waals surface area contributed by atoms with Gasteiger partial charge in [0.25, 0.3) is 5.56 Å². The molecule has 0 radical (unpaired) electrons. The molecule has 0 fully saturated rings. The minimum absolute atomic E-state index is 0.257. The maximum atomic E-state index is 11.4. The van der Waals surface area contributed by atoms with Crippen molar-refractivity contribution in [1.82, 2.24) is 20.4 Å². The summed E-state index contributed by atoms with van der Waals surface area (Å²) in [4.78, 5) is 11.4. The molecule has 0 spiro atoms. The molecule has 0 aliphatic heterocycles. The molecule has 78 valence electrons. The summed E-state index contributed by atoms with van der Waals surface area (Å²) in [6.45, 7) is 0. The molecule has 0 aliphatic carbocycles. The Morgan fingerprint density at radius 3 is 2.69 bits per heavy atom. The van der Waals surface area contributed by atoms with Gasteiger partial charge in [-0.1, -0.05) is 30.3 Å². The van der Waals surface area contributed by atoms with E-state index >= 15 is 0 Å². The van der Waals surface area contributed by atoms with E-state index in [2.05, 4.69) is 20.4 Å². The molecule has 1 aromatic carbocycles. The summed E-state index contributed by atoms with van der Waals surface area (Å²) >= 11 is 0. The average molecular weight is 212 g/mol. The molecule has 3 rings (SSSR count). The quantitative estimate of drug-likeness (QED) is 0.638. The molecule has 0 saturated carbocycles. The molecule has 0 bridgehead atoms. The second kappa shape index (κ2) is 3.30. The van der Waals surface area contributed by atoms with Crippen LogP contribution in [0.3, 0.4) is 0 Å². The number of hydrogen-bond donors (Lipinski definition) is 2. The standard InChI is InChI=1S/C11H8N4O/c16-11-10-8(6-12-13-10)9(14-15-11)7-4-2-1-3-5-7/h1-6H,(H,12,13)(H,15,16). The van der Waals surface area contributed by atoms with Crippen LogP contribution in [0.5, 0.6) is 0 Å². The molecule has 2 aromatic heterocycles. The Kier molecular flexibility index (Phi) is 1.83. The maximum absolute atomic E-state index is 11.4. The minimum Gasteiger partial charge on any atom is -0.272 e. The third-order valence-electron chi connectivity index (χ3n) is 2.44. The Labute approximate surface area is 90.1 Å². The molecular weight excluding hydrogens is 204 g/mol. The van der Waals surface area contributed by atoms with Crippen molar-refractivity contribution < 1.29 is 0 Å². The van der Waals surface area contributed by atoms with Crippen molar-refractivity contribution >= 4 is 10.9 Å². The second-order valence-corrected chi connectivity index (χ2v) is 3.43. The van der Waals surface area contributed by atoms with Gasteiger partial charge in [0.2, 0.25) is 0 Å². The SMILES string of the molecule is O=c1[nH]nc(-c2ccccc2)c2cn[nH]c12. The first-order valence-corrected chi connectivity index (χ1v) is 4.83. The number of hydrogen-bond acceptors (Lipinski definition) is 3. The topological polar surface area (TPSA) is 74.4 Å². The molecule has 2 heterocycles. The number of rotatable bonds is 1. The minimum atomic E-state index is -0.257. The lowest BCUT2D eigenvalue weighted by atomic mass is 10.1. The fourth-order valence-electron chi connectivity index (χ4n) is 1.68. The lowest BCUT2D eigenvalue weighted by Gasteiger charge is -2.00. The van der Waals surface area contributed by atoms with Crippen LogP contribution in [-0.4, -0.2) is 20.4 Å². The molecule has 0 amide bonds. The lowest BCUT2D eigenvalue weighted by Crippen LogP contribution is -2.09. The molecule has 16 heavy (non-hydrogen) atoms. The number of H-pyrrole nitrogens is 2. The molecule has 5 heteroatoms. The molecule has 3 aromatic rings. The van der Waals surface area contributed by atoms with E-state index in [1.165, 1.54) is 0 Å². The fraction of sp³-hybridized carbons (Fsp3) is 0. The summed E-state index contributed by atoms with van der Waals surface area (Å²) < 4.78 is 0. The van der Waals surface area contributed by atoms with Gasteiger partial charge in [0.05, 0.1) is 11.6 Å². The van der Waals surface area contributed by atoms with Crippen molar-refractivity contribution in [2.45, 2.75) is 0 Å². The average Bonchev–Trinajstić information content (AvgIpc) is 2.81. The molecule has 0 aliphatic rings. The zero-order valence-electron chi connectivity index (χ0n) is 8.27. The van der Waals surface area contributed by atoms with E-state index in [1.807, 2.05) is 30.3 Å². The first-order valence-electron chi connectivity index (χ1n) is 4.83. The van der Waals surface area contributed by atoms with Crippen molar-refractivity contribution in [2.24, 2.45) is 0 Å². The molecular formula is C11H8N4O. The first-order chi connectivity index (χ1) is 7.86. The summed E-state index contributed by atoms with van der Waals surface area (Å²) in [6.07, 6.45) is 1.61.